The molecule has 1 atom stereocenters. The van der Waals surface area contributed by atoms with E-state index in [9.17, 15) is 9.90 Å². The maximum Gasteiger partial charge on any atom is 0.319 e. The van der Waals surface area contributed by atoms with E-state index in [0.29, 0.717) is 13.1 Å². The summed E-state index contributed by atoms with van der Waals surface area (Å²) < 4.78 is 1.03. The summed E-state index contributed by atoms with van der Waals surface area (Å²) in [6.07, 6.45) is 0. The number of amides is 2. The number of rotatable bonds is 3. The molecule has 1 aliphatic heterocycles. The summed E-state index contributed by atoms with van der Waals surface area (Å²) in [4.78, 5) is 17.7. The number of nitrogens with zero attached hydrogens (tertiary/aromatic N) is 3. The van der Waals surface area contributed by atoms with Crippen molar-refractivity contribution in [2.75, 3.05) is 46.9 Å². The molecule has 0 aromatic heterocycles. The Morgan fingerprint density at radius 3 is 2.23 bits per heavy atom. The third kappa shape index (κ3) is 3.45. The van der Waals surface area contributed by atoms with Crippen molar-refractivity contribution in [2.45, 2.75) is 12.5 Å². The van der Waals surface area contributed by atoms with Gasteiger partial charge < -0.3 is 14.9 Å². The maximum atomic E-state index is 12.0. The molecule has 1 fully saturated rings. The van der Waals surface area contributed by atoms with Crippen LogP contribution in [0.25, 0.3) is 0 Å². The third-order valence-corrected chi connectivity index (χ3v) is 4.93. The summed E-state index contributed by atoms with van der Waals surface area (Å²) in [7, 11) is 3.54. The van der Waals surface area contributed by atoms with Crippen LogP contribution >= 0.6 is 15.9 Å². The number of benzene rings is 1. The topological polar surface area (TPSA) is 47.0 Å². The van der Waals surface area contributed by atoms with Crippen molar-refractivity contribution < 1.29 is 9.90 Å². The lowest BCUT2D eigenvalue weighted by atomic mass is 9.90. The quantitative estimate of drug-likeness (QED) is 0.885. The molecule has 6 heteroatoms. The van der Waals surface area contributed by atoms with E-state index in [0.717, 1.165) is 23.1 Å². The highest BCUT2D eigenvalue weighted by Crippen LogP contribution is 2.30. The highest BCUT2D eigenvalue weighted by molar-refractivity contribution is 9.10. The monoisotopic (exact) mass is 369 g/mol. The van der Waals surface area contributed by atoms with Gasteiger partial charge in [0.25, 0.3) is 0 Å². The minimum absolute atomic E-state index is 0.0500. The Hall–Kier alpha value is -1.11. The summed E-state index contributed by atoms with van der Waals surface area (Å²) in [5.41, 5.74) is 0.666. The molecule has 0 spiro atoms. The van der Waals surface area contributed by atoms with Crippen molar-refractivity contribution in [3.63, 3.8) is 0 Å². The molecule has 122 valence electrons. The zero-order valence-corrected chi connectivity index (χ0v) is 15.0. The number of aliphatic hydroxyl groups is 1. The Morgan fingerprint density at radius 2 is 1.77 bits per heavy atom. The van der Waals surface area contributed by atoms with E-state index in [4.69, 9.17) is 0 Å². The molecular weight excluding hydrogens is 346 g/mol. The van der Waals surface area contributed by atoms with E-state index in [2.05, 4.69) is 27.8 Å². The van der Waals surface area contributed by atoms with Gasteiger partial charge in [0, 0.05) is 44.7 Å². The fraction of sp³-hybridized carbons (Fsp3) is 0.562. The molecule has 0 bridgehead atoms. The van der Waals surface area contributed by atoms with Gasteiger partial charge in [-0.25, -0.2) is 4.79 Å². The van der Waals surface area contributed by atoms with Gasteiger partial charge in [-0.1, -0.05) is 28.1 Å². The smallest absolute Gasteiger partial charge is 0.319 e. The van der Waals surface area contributed by atoms with Crippen LogP contribution in [0.15, 0.2) is 28.7 Å². The predicted octanol–water partition coefficient (Wildman–Crippen LogP) is 1.96. The number of carbonyl (C=O) groups is 1. The lowest BCUT2D eigenvalue weighted by Gasteiger charge is -2.45. The van der Waals surface area contributed by atoms with Crippen molar-refractivity contribution in [3.05, 3.63) is 34.3 Å². The van der Waals surface area contributed by atoms with Gasteiger partial charge in [0.15, 0.2) is 0 Å². The molecule has 5 nitrogen and oxygen atoms in total. The highest BCUT2D eigenvalue weighted by atomic mass is 79.9. The maximum absolute atomic E-state index is 12.0. The molecule has 1 saturated heterocycles. The van der Waals surface area contributed by atoms with Gasteiger partial charge in [0.2, 0.25) is 0 Å². The number of hydrogen-bond acceptors (Lipinski definition) is 3. The SMILES string of the molecule is CN(C)C(=O)N1CCN(C(C)(CO)c2ccc(Br)cc2)CC1. The Morgan fingerprint density at radius 1 is 1.23 bits per heavy atom. The van der Waals surface area contributed by atoms with Crippen LogP contribution in [0, 0.1) is 0 Å². The van der Waals surface area contributed by atoms with Crippen LogP contribution in [0.3, 0.4) is 0 Å². The summed E-state index contributed by atoms with van der Waals surface area (Å²) in [6.45, 7) is 4.99. The molecule has 1 aromatic rings. The second-order valence-electron chi connectivity index (χ2n) is 6.09. The summed E-state index contributed by atoms with van der Waals surface area (Å²) >= 11 is 3.44. The predicted molar refractivity (Wildman–Crippen MR) is 90.8 cm³/mol. The minimum atomic E-state index is -0.423. The van der Waals surface area contributed by atoms with E-state index < -0.39 is 5.54 Å². The normalized spacial score (nSPS) is 18.9. The van der Waals surface area contributed by atoms with Gasteiger partial charge in [-0.05, 0) is 24.6 Å². The van der Waals surface area contributed by atoms with Crippen molar-refractivity contribution in [1.29, 1.82) is 0 Å². The first-order valence-electron chi connectivity index (χ1n) is 7.46. The van der Waals surface area contributed by atoms with Crippen molar-refractivity contribution in [1.82, 2.24) is 14.7 Å². The van der Waals surface area contributed by atoms with Gasteiger partial charge in [-0.15, -0.1) is 0 Å². The zero-order chi connectivity index (χ0) is 16.3. The van der Waals surface area contributed by atoms with Gasteiger partial charge in [-0.2, -0.15) is 0 Å². The fourth-order valence-electron chi connectivity index (χ4n) is 2.86. The molecular formula is C16H24BrN3O2. The molecule has 1 aliphatic rings. The van der Waals surface area contributed by atoms with E-state index in [1.807, 2.05) is 29.2 Å². The van der Waals surface area contributed by atoms with Crippen LogP contribution in [0.1, 0.15) is 12.5 Å². The molecule has 1 N–H and O–H groups in total. The lowest BCUT2D eigenvalue weighted by Crippen LogP contribution is -2.57. The third-order valence-electron chi connectivity index (χ3n) is 4.40. The average Bonchev–Trinajstić information content (AvgIpc) is 2.54. The number of hydrogen-bond donors (Lipinski definition) is 1. The van der Waals surface area contributed by atoms with Crippen LogP contribution in [-0.4, -0.2) is 72.7 Å². The largest absolute Gasteiger partial charge is 0.394 e. The average molecular weight is 370 g/mol. The van der Waals surface area contributed by atoms with Gasteiger partial charge in [-0.3, -0.25) is 4.90 Å². The first-order chi connectivity index (χ1) is 10.4. The number of urea groups is 1. The van der Waals surface area contributed by atoms with Crippen LogP contribution in [0.2, 0.25) is 0 Å². The second kappa shape index (κ2) is 6.98. The molecule has 2 amide bonds. The van der Waals surface area contributed by atoms with Crippen molar-refractivity contribution >= 4 is 22.0 Å². The van der Waals surface area contributed by atoms with Crippen LogP contribution in [0.5, 0.6) is 0 Å². The minimum Gasteiger partial charge on any atom is -0.394 e. The fourth-order valence-corrected chi connectivity index (χ4v) is 3.12. The Labute approximate surface area is 140 Å². The number of carbonyl (C=O) groups excluding carboxylic acids is 1. The van der Waals surface area contributed by atoms with E-state index in [1.54, 1.807) is 19.0 Å². The zero-order valence-electron chi connectivity index (χ0n) is 13.4. The van der Waals surface area contributed by atoms with Crippen LogP contribution in [-0.2, 0) is 5.54 Å². The Bertz CT molecular complexity index is 513. The first-order valence-corrected chi connectivity index (χ1v) is 8.26. The summed E-state index contributed by atoms with van der Waals surface area (Å²) in [5.74, 6) is 0. The van der Waals surface area contributed by atoms with E-state index >= 15 is 0 Å². The van der Waals surface area contributed by atoms with Gasteiger partial charge in [0.1, 0.15) is 0 Å². The van der Waals surface area contributed by atoms with Crippen molar-refractivity contribution in [3.8, 4) is 0 Å². The molecule has 22 heavy (non-hydrogen) atoms. The number of piperazine rings is 1. The van der Waals surface area contributed by atoms with Crippen LogP contribution in [0.4, 0.5) is 4.79 Å². The lowest BCUT2D eigenvalue weighted by molar-refractivity contribution is 0.00856. The molecule has 0 saturated carbocycles. The molecule has 0 radical (unpaired) electrons. The van der Waals surface area contributed by atoms with E-state index in [1.165, 1.54) is 0 Å². The highest BCUT2D eigenvalue weighted by Gasteiger charge is 2.36. The molecule has 0 aliphatic carbocycles. The standard InChI is InChI=1S/C16H24BrN3O2/c1-16(12-21,13-4-6-14(17)7-5-13)20-10-8-19(9-11-20)15(22)18(2)3/h4-7,21H,8-12H2,1-3H3. The summed E-state index contributed by atoms with van der Waals surface area (Å²) in [6, 6.07) is 8.12. The van der Waals surface area contributed by atoms with E-state index in [-0.39, 0.29) is 12.6 Å². The van der Waals surface area contributed by atoms with Crippen molar-refractivity contribution in [2.24, 2.45) is 0 Å². The Balaban J connectivity index is 2.10. The van der Waals surface area contributed by atoms with Crippen LogP contribution < -0.4 is 0 Å². The molecule has 1 unspecified atom stereocenters. The number of halogens is 1. The second-order valence-corrected chi connectivity index (χ2v) is 7.01. The first kappa shape index (κ1) is 17.2. The number of aliphatic hydroxyl groups excluding tert-OH is 1. The summed E-state index contributed by atoms with van der Waals surface area (Å²) in [5, 5.41) is 9.98. The Kier molecular flexibility index (Phi) is 5.47. The molecule has 1 aromatic carbocycles. The molecule has 1 heterocycles. The van der Waals surface area contributed by atoms with Gasteiger partial charge >= 0.3 is 6.03 Å². The molecule has 2 rings (SSSR count). The van der Waals surface area contributed by atoms with Gasteiger partial charge in [0.05, 0.1) is 12.1 Å².